The van der Waals surface area contributed by atoms with Gasteiger partial charge in [-0.05, 0) is 113 Å². The molecule has 6 rings (SSSR count). The number of fused-ring (bicyclic) bond motifs is 1. The number of carbonyl (C=O) groups is 2. The number of pyridine rings is 1. The molecule has 0 radical (unpaired) electrons. The van der Waals surface area contributed by atoms with Crippen molar-refractivity contribution in [2.24, 2.45) is 7.05 Å². The van der Waals surface area contributed by atoms with Crippen LogP contribution in [0.15, 0.2) is 88.8 Å². The van der Waals surface area contributed by atoms with Crippen molar-refractivity contribution < 1.29 is 27.1 Å². The van der Waals surface area contributed by atoms with Gasteiger partial charge >= 0.3 is 5.97 Å². The zero-order chi connectivity index (χ0) is 39.5. The van der Waals surface area contributed by atoms with Crippen LogP contribution in [0.5, 0.6) is 0 Å². The number of ether oxygens (including phenoxy) is 1. The van der Waals surface area contributed by atoms with Crippen molar-refractivity contribution in [1.82, 2.24) is 25.0 Å². The van der Waals surface area contributed by atoms with Gasteiger partial charge in [-0.2, -0.15) is 0 Å². The highest BCUT2D eigenvalue weighted by Crippen LogP contribution is 2.24. The first kappa shape index (κ1) is 39.4. The predicted molar refractivity (Wildman–Crippen MR) is 209 cm³/mol. The number of sulfonamides is 1. The van der Waals surface area contributed by atoms with Crippen molar-refractivity contribution in [3.8, 4) is 5.69 Å². The van der Waals surface area contributed by atoms with Gasteiger partial charge in [-0.15, -0.1) is 0 Å². The molecule has 0 bridgehead atoms. The minimum Gasteiger partial charge on any atom is -0.461 e. The van der Waals surface area contributed by atoms with Crippen LogP contribution in [-0.2, 0) is 39.6 Å². The van der Waals surface area contributed by atoms with E-state index in [-0.39, 0.29) is 39.8 Å². The molecule has 55 heavy (non-hydrogen) atoms. The molecule has 1 saturated carbocycles. The van der Waals surface area contributed by atoms with Crippen LogP contribution in [0.1, 0.15) is 79.9 Å². The van der Waals surface area contributed by atoms with E-state index in [4.69, 9.17) is 4.74 Å². The number of aryl methyl sites for hydroxylation is 2. The largest absolute Gasteiger partial charge is 0.461 e. The molecule has 0 saturated heterocycles. The first-order chi connectivity index (χ1) is 26.1. The van der Waals surface area contributed by atoms with Crippen LogP contribution in [0.3, 0.4) is 0 Å². The lowest BCUT2D eigenvalue weighted by atomic mass is 9.97. The summed E-state index contributed by atoms with van der Waals surface area (Å²) in [5.41, 5.74) is 2.63. The summed E-state index contributed by atoms with van der Waals surface area (Å²) in [6, 6.07) is 15.9. The topological polar surface area (TPSA) is 153 Å². The highest BCUT2D eigenvalue weighted by Gasteiger charge is 2.28. The summed E-state index contributed by atoms with van der Waals surface area (Å²) in [6.45, 7) is 8.37. The number of hydrogen-bond acceptors (Lipinski definition) is 8. The number of halogens is 1. The first-order valence-corrected chi connectivity index (χ1v) is 19.9. The van der Waals surface area contributed by atoms with Gasteiger partial charge in [0, 0.05) is 31.7 Å². The predicted octanol–water partition coefficient (Wildman–Crippen LogP) is 6.08. The Bertz CT molecular complexity index is 2380. The molecular weight excluding hydrogens is 724 g/mol. The van der Waals surface area contributed by atoms with Crippen LogP contribution in [-0.4, -0.2) is 52.3 Å². The molecule has 2 aromatic heterocycles. The Morgan fingerprint density at radius 1 is 0.982 bits per heavy atom. The summed E-state index contributed by atoms with van der Waals surface area (Å²) in [5, 5.41) is 6.55. The molecule has 0 aliphatic heterocycles. The number of hydrogen-bond donors (Lipinski definition) is 3. The van der Waals surface area contributed by atoms with E-state index in [1.54, 1.807) is 73.5 Å². The van der Waals surface area contributed by atoms with Crippen LogP contribution in [0.4, 0.5) is 10.1 Å². The number of aromatic nitrogens is 3. The molecule has 0 spiro atoms. The van der Waals surface area contributed by atoms with Crippen LogP contribution < -0.4 is 20.9 Å². The molecule has 14 heteroatoms. The maximum atomic E-state index is 15.5. The first-order valence-electron chi connectivity index (χ1n) is 18.4. The fourth-order valence-electron chi connectivity index (χ4n) is 6.80. The highest BCUT2D eigenvalue weighted by molar-refractivity contribution is 7.92. The zero-order valence-corrected chi connectivity index (χ0v) is 32.5. The number of amides is 1. The van der Waals surface area contributed by atoms with Crippen molar-refractivity contribution in [2.45, 2.75) is 95.3 Å². The molecule has 1 aliphatic rings. The van der Waals surface area contributed by atoms with E-state index in [1.807, 2.05) is 20.8 Å². The average Bonchev–Trinajstić information content (AvgIpc) is 3.39. The normalized spacial score (nSPS) is 14.4. The number of nitrogens with zero attached hydrogens (tertiary/aromatic N) is 3. The molecule has 12 nitrogen and oxygen atoms in total. The number of nitrogens with one attached hydrogen (secondary N) is 3. The van der Waals surface area contributed by atoms with E-state index in [0.29, 0.717) is 34.3 Å². The maximum Gasteiger partial charge on any atom is 0.329 e. The maximum absolute atomic E-state index is 15.5. The van der Waals surface area contributed by atoms with Gasteiger partial charge in [0.05, 0.1) is 38.9 Å². The minimum absolute atomic E-state index is 0.0371. The summed E-state index contributed by atoms with van der Waals surface area (Å²) in [5.74, 6) is -2.47. The smallest absolute Gasteiger partial charge is 0.329 e. The van der Waals surface area contributed by atoms with E-state index >= 15 is 4.39 Å². The van der Waals surface area contributed by atoms with E-state index in [1.165, 1.54) is 22.9 Å². The quantitative estimate of drug-likeness (QED) is 0.129. The van der Waals surface area contributed by atoms with Gasteiger partial charge in [0.2, 0.25) is 0 Å². The van der Waals surface area contributed by atoms with Gasteiger partial charge in [0.25, 0.3) is 21.5 Å². The highest BCUT2D eigenvalue weighted by atomic mass is 32.2. The second-order valence-corrected chi connectivity index (χ2v) is 16.8. The van der Waals surface area contributed by atoms with E-state index < -0.39 is 33.8 Å². The average molecular weight is 771 g/mol. The van der Waals surface area contributed by atoms with Crippen LogP contribution in [0.2, 0.25) is 0 Å². The van der Waals surface area contributed by atoms with Gasteiger partial charge in [-0.1, -0.05) is 30.7 Å². The third-order valence-electron chi connectivity index (χ3n) is 9.73. The molecule has 290 valence electrons. The number of esters is 1. The van der Waals surface area contributed by atoms with Gasteiger partial charge < -0.3 is 15.4 Å². The molecule has 1 atom stereocenters. The summed E-state index contributed by atoms with van der Waals surface area (Å²) < 4.78 is 53.6. The van der Waals surface area contributed by atoms with Crippen LogP contribution in [0, 0.1) is 12.7 Å². The minimum atomic E-state index is -4.09. The Balaban J connectivity index is 1.18. The van der Waals surface area contributed by atoms with Gasteiger partial charge in [-0.25, -0.2) is 22.3 Å². The molecule has 0 unspecified atom stereocenters. The lowest BCUT2D eigenvalue weighted by Crippen LogP contribution is -2.45. The SMILES string of the molecule is Cc1cc(CNC(C)(C)C)ccc1S(=O)(=O)Nc1ccc(C(=O)N[C@@H](Cc2ccc(-n3c(=O)c4ccncc4n3C)cc2)C(=O)OC2CCCCC2)c(F)c1. The number of anilines is 1. The summed E-state index contributed by atoms with van der Waals surface area (Å²) in [7, 11) is -2.32. The monoisotopic (exact) mass is 770 g/mol. The molecule has 5 aromatic rings. The molecule has 1 amide bonds. The molecular formula is C41H47FN6O6S. The summed E-state index contributed by atoms with van der Waals surface area (Å²) in [6.07, 6.45) is 7.31. The molecule has 1 aliphatic carbocycles. The van der Waals surface area contributed by atoms with Crippen molar-refractivity contribution >= 4 is 38.5 Å². The van der Waals surface area contributed by atoms with Crippen molar-refractivity contribution in [2.75, 3.05) is 4.72 Å². The van der Waals surface area contributed by atoms with Gasteiger partial charge in [0.15, 0.2) is 0 Å². The number of rotatable bonds is 12. The molecule has 3 aromatic carbocycles. The van der Waals surface area contributed by atoms with Crippen molar-refractivity contribution in [3.05, 3.63) is 118 Å². The van der Waals surface area contributed by atoms with Gasteiger partial charge in [0.1, 0.15) is 18.0 Å². The molecule has 3 N–H and O–H groups in total. The Kier molecular flexibility index (Phi) is 11.6. The Morgan fingerprint density at radius 3 is 2.35 bits per heavy atom. The van der Waals surface area contributed by atoms with Crippen LogP contribution in [0.25, 0.3) is 16.6 Å². The van der Waals surface area contributed by atoms with Crippen LogP contribution >= 0.6 is 0 Å². The lowest BCUT2D eigenvalue weighted by molar-refractivity contribution is -0.152. The fraction of sp³-hybridized carbons (Fsp3) is 0.366. The Hall–Kier alpha value is -5.34. The summed E-state index contributed by atoms with van der Waals surface area (Å²) >= 11 is 0. The molecule has 1 fully saturated rings. The van der Waals surface area contributed by atoms with E-state index in [0.717, 1.165) is 43.7 Å². The fourth-order valence-corrected chi connectivity index (χ4v) is 8.08. The summed E-state index contributed by atoms with van der Waals surface area (Å²) in [4.78, 5) is 44.4. The van der Waals surface area contributed by atoms with E-state index in [2.05, 4.69) is 20.3 Å². The lowest BCUT2D eigenvalue weighted by Gasteiger charge is -2.25. The standard InChI is InChI=1S/C41H47FN6O6S/c1-26-21-28(24-44-41(2,3)4)13-18-37(26)55(52,53)46-29-14-17-32(34(42)23-29)38(49)45-35(40(51)54-31-9-7-6-8-10-31)22-27-11-15-30(16-12-27)48-39(50)33-19-20-43-25-36(33)47(48)5/h11-21,23,25,31,35,44,46H,6-10,22,24H2,1-5H3,(H,45,49)/t35-/m0/s1. The number of benzene rings is 3. The van der Waals surface area contributed by atoms with Crippen molar-refractivity contribution in [1.29, 1.82) is 0 Å². The zero-order valence-electron chi connectivity index (χ0n) is 31.7. The Morgan fingerprint density at radius 2 is 1.69 bits per heavy atom. The third-order valence-corrected chi connectivity index (χ3v) is 11.3. The Labute approximate surface area is 320 Å². The third kappa shape index (κ3) is 9.31. The number of carbonyl (C=O) groups excluding carboxylic acids is 2. The second kappa shape index (κ2) is 16.2. The molecule has 2 heterocycles. The van der Waals surface area contributed by atoms with Gasteiger partial charge in [-0.3, -0.25) is 24.0 Å². The van der Waals surface area contributed by atoms with E-state index in [9.17, 15) is 22.8 Å². The second-order valence-electron chi connectivity index (χ2n) is 15.1. The van der Waals surface area contributed by atoms with Crippen molar-refractivity contribution in [3.63, 3.8) is 0 Å².